The Kier molecular flexibility index (Phi) is 3.95. The number of nitrogens with one attached hydrogen (secondary N) is 1. The molecule has 1 heterocycles. The molecule has 96 valence electrons. The van der Waals surface area contributed by atoms with E-state index in [0.717, 1.165) is 0 Å². The molecule has 20 heavy (non-hydrogen) atoms. The summed E-state index contributed by atoms with van der Waals surface area (Å²) in [5.74, 6) is -0.372. The molecule has 1 aromatic carbocycles. The zero-order valence-corrected chi connectivity index (χ0v) is 10.8. The largest absolute Gasteiger partial charge is 0.322 e. The highest BCUT2D eigenvalue weighted by molar-refractivity contribution is 6.29. The smallest absolute Gasteiger partial charge is 0.255 e. The number of nitrogens with zero attached hydrogens (tertiary/aromatic N) is 3. The number of hydrogen-bond acceptors (Lipinski definition) is 4. The molecular formula is C14H7ClN4O. The van der Waals surface area contributed by atoms with Crippen molar-refractivity contribution in [3.63, 3.8) is 0 Å². The van der Waals surface area contributed by atoms with Gasteiger partial charge in [0.1, 0.15) is 17.3 Å². The fraction of sp³-hybridized carbons (Fsp3) is 0. The monoisotopic (exact) mass is 282 g/mol. The van der Waals surface area contributed by atoms with Gasteiger partial charge in [-0.25, -0.2) is 4.98 Å². The van der Waals surface area contributed by atoms with Crippen molar-refractivity contribution in [1.82, 2.24) is 4.98 Å². The summed E-state index contributed by atoms with van der Waals surface area (Å²) in [6, 6.07) is 11.2. The normalized spacial score (nSPS) is 9.35. The fourth-order valence-electron chi connectivity index (χ4n) is 1.56. The van der Waals surface area contributed by atoms with Crippen LogP contribution in [0.15, 0.2) is 36.5 Å². The van der Waals surface area contributed by atoms with Crippen molar-refractivity contribution in [3.8, 4) is 12.1 Å². The number of rotatable bonds is 2. The van der Waals surface area contributed by atoms with Crippen molar-refractivity contribution in [1.29, 1.82) is 10.5 Å². The van der Waals surface area contributed by atoms with Crippen LogP contribution in [0.4, 0.5) is 5.69 Å². The van der Waals surface area contributed by atoms with E-state index in [1.165, 1.54) is 30.5 Å². The van der Waals surface area contributed by atoms with E-state index in [2.05, 4.69) is 10.3 Å². The average Bonchev–Trinajstić information content (AvgIpc) is 2.47. The van der Waals surface area contributed by atoms with Crippen LogP contribution in [0.1, 0.15) is 21.5 Å². The Morgan fingerprint density at radius 3 is 2.55 bits per heavy atom. The second-order valence-electron chi connectivity index (χ2n) is 3.81. The number of amides is 1. The van der Waals surface area contributed by atoms with Crippen LogP contribution in [0.2, 0.25) is 5.15 Å². The molecule has 6 heteroatoms. The third kappa shape index (κ3) is 2.92. The first kappa shape index (κ1) is 13.5. The Morgan fingerprint density at radius 1 is 1.15 bits per heavy atom. The van der Waals surface area contributed by atoms with Gasteiger partial charge in [0, 0.05) is 17.4 Å². The molecule has 0 saturated heterocycles. The summed E-state index contributed by atoms with van der Waals surface area (Å²) >= 11 is 5.71. The second-order valence-corrected chi connectivity index (χ2v) is 4.19. The molecule has 5 nitrogen and oxygen atoms in total. The van der Waals surface area contributed by atoms with Crippen molar-refractivity contribution in [3.05, 3.63) is 58.4 Å². The van der Waals surface area contributed by atoms with E-state index in [1.54, 1.807) is 6.07 Å². The van der Waals surface area contributed by atoms with Crippen LogP contribution < -0.4 is 5.32 Å². The highest BCUT2D eigenvalue weighted by Gasteiger charge is 2.09. The van der Waals surface area contributed by atoms with Crippen LogP contribution in [0.25, 0.3) is 0 Å². The van der Waals surface area contributed by atoms with Crippen LogP contribution in [0.3, 0.4) is 0 Å². The molecule has 0 saturated carbocycles. The molecule has 1 aromatic heterocycles. The Labute approximate surface area is 120 Å². The first-order valence-corrected chi connectivity index (χ1v) is 5.89. The summed E-state index contributed by atoms with van der Waals surface area (Å²) in [4.78, 5) is 15.8. The predicted molar refractivity (Wildman–Crippen MR) is 73.1 cm³/mol. The summed E-state index contributed by atoms with van der Waals surface area (Å²) in [6.45, 7) is 0. The van der Waals surface area contributed by atoms with E-state index < -0.39 is 0 Å². The van der Waals surface area contributed by atoms with Gasteiger partial charge in [-0.3, -0.25) is 4.79 Å². The molecule has 0 radical (unpaired) electrons. The van der Waals surface area contributed by atoms with E-state index in [9.17, 15) is 4.79 Å². The Morgan fingerprint density at radius 2 is 1.90 bits per heavy atom. The number of anilines is 1. The highest BCUT2D eigenvalue weighted by atomic mass is 35.5. The van der Waals surface area contributed by atoms with Gasteiger partial charge in [-0.2, -0.15) is 10.5 Å². The van der Waals surface area contributed by atoms with E-state index in [1.807, 2.05) is 12.1 Å². The molecule has 0 bridgehead atoms. The fourth-order valence-corrected chi connectivity index (χ4v) is 1.73. The summed E-state index contributed by atoms with van der Waals surface area (Å²) < 4.78 is 0. The molecular weight excluding hydrogens is 276 g/mol. The molecule has 0 spiro atoms. The van der Waals surface area contributed by atoms with Gasteiger partial charge in [0.2, 0.25) is 0 Å². The number of pyridine rings is 1. The molecule has 0 aliphatic heterocycles. The molecule has 0 unspecified atom stereocenters. The maximum atomic E-state index is 12.0. The molecule has 0 aliphatic carbocycles. The molecule has 1 N–H and O–H groups in total. The Hall–Kier alpha value is -2.89. The predicted octanol–water partition coefficient (Wildman–Crippen LogP) is 2.73. The van der Waals surface area contributed by atoms with Gasteiger partial charge in [-0.05, 0) is 30.3 Å². The zero-order chi connectivity index (χ0) is 14.5. The van der Waals surface area contributed by atoms with Crippen molar-refractivity contribution < 1.29 is 4.79 Å². The van der Waals surface area contributed by atoms with E-state index in [4.69, 9.17) is 22.1 Å². The average molecular weight is 283 g/mol. The standard InChI is InChI=1S/C14H7ClN4O/c15-13-6-9(3-4-18-13)14(20)19-12-2-1-10(7-16)11(5-12)8-17/h1-6H,(H,19,20). The number of nitriles is 2. The maximum Gasteiger partial charge on any atom is 0.255 e. The van der Waals surface area contributed by atoms with Gasteiger partial charge in [0.15, 0.2) is 0 Å². The van der Waals surface area contributed by atoms with E-state index in [0.29, 0.717) is 11.3 Å². The van der Waals surface area contributed by atoms with Gasteiger partial charge in [-0.1, -0.05) is 11.6 Å². The Balaban J connectivity index is 2.25. The molecule has 1 amide bonds. The third-order valence-electron chi connectivity index (χ3n) is 2.51. The van der Waals surface area contributed by atoms with Crippen LogP contribution in [0.5, 0.6) is 0 Å². The highest BCUT2D eigenvalue weighted by Crippen LogP contribution is 2.16. The molecule has 0 fully saturated rings. The lowest BCUT2D eigenvalue weighted by Gasteiger charge is -2.06. The lowest BCUT2D eigenvalue weighted by molar-refractivity contribution is 0.102. The van der Waals surface area contributed by atoms with Crippen molar-refractivity contribution in [2.45, 2.75) is 0 Å². The number of benzene rings is 1. The minimum atomic E-state index is -0.372. The molecule has 0 aliphatic rings. The van der Waals surface area contributed by atoms with Gasteiger partial charge in [-0.15, -0.1) is 0 Å². The van der Waals surface area contributed by atoms with Crippen LogP contribution in [-0.2, 0) is 0 Å². The van der Waals surface area contributed by atoms with E-state index >= 15 is 0 Å². The SMILES string of the molecule is N#Cc1ccc(NC(=O)c2ccnc(Cl)c2)cc1C#N. The lowest BCUT2D eigenvalue weighted by atomic mass is 10.1. The van der Waals surface area contributed by atoms with Crippen molar-refractivity contribution in [2.75, 3.05) is 5.32 Å². The number of hydrogen-bond donors (Lipinski definition) is 1. The first-order valence-electron chi connectivity index (χ1n) is 5.51. The first-order chi connectivity index (χ1) is 9.63. The number of carbonyl (C=O) groups is 1. The maximum absolute atomic E-state index is 12.0. The number of aromatic nitrogens is 1. The van der Waals surface area contributed by atoms with Crippen molar-refractivity contribution >= 4 is 23.2 Å². The zero-order valence-electron chi connectivity index (χ0n) is 10.1. The van der Waals surface area contributed by atoms with Crippen molar-refractivity contribution in [2.24, 2.45) is 0 Å². The van der Waals surface area contributed by atoms with Crippen LogP contribution in [-0.4, -0.2) is 10.9 Å². The molecule has 2 aromatic rings. The Bertz CT molecular complexity index is 758. The summed E-state index contributed by atoms with van der Waals surface area (Å²) in [5, 5.41) is 20.6. The van der Waals surface area contributed by atoms with Crippen LogP contribution >= 0.6 is 11.6 Å². The minimum absolute atomic E-state index is 0.207. The summed E-state index contributed by atoms with van der Waals surface area (Å²) in [7, 11) is 0. The van der Waals surface area contributed by atoms with E-state index in [-0.39, 0.29) is 22.2 Å². The molecule has 2 rings (SSSR count). The number of carbonyl (C=O) groups excluding carboxylic acids is 1. The topological polar surface area (TPSA) is 89.6 Å². The van der Waals surface area contributed by atoms with Crippen LogP contribution in [0, 0.1) is 22.7 Å². The van der Waals surface area contributed by atoms with Gasteiger partial charge < -0.3 is 5.32 Å². The molecule has 0 atom stereocenters. The number of halogens is 1. The lowest BCUT2D eigenvalue weighted by Crippen LogP contribution is -2.12. The second kappa shape index (κ2) is 5.83. The third-order valence-corrected chi connectivity index (χ3v) is 2.71. The quantitative estimate of drug-likeness (QED) is 0.858. The summed E-state index contributed by atoms with van der Waals surface area (Å²) in [6.07, 6.45) is 1.43. The van der Waals surface area contributed by atoms with Gasteiger partial charge >= 0.3 is 0 Å². The minimum Gasteiger partial charge on any atom is -0.322 e. The summed E-state index contributed by atoms with van der Waals surface area (Å²) in [5.41, 5.74) is 1.25. The van der Waals surface area contributed by atoms with Gasteiger partial charge in [0.25, 0.3) is 5.91 Å². The van der Waals surface area contributed by atoms with Gasteiger partial charge in [0.05, 0.1) is 11.1 Å².